The van der Waals surface area contributed by atoms with Gasteiger partial charge in [-0.3, -0.25) is 23.5 Å². The molecule has 0 aromatic carbocycles. The van der Waals surface area contributed by atoms with Gasteiger partial charge in [0.2, 0.25) is 5.71 Å². The summed E-state index contributed by atoms with van der Waals surface area (Å²) < 4.78 is 23.2. The second-order valence-corrected chi connectivity index (χ2v) is 11.2. The van der Waals surface area contributed by atoms with Crippen LogP contribution in [0.25, 0.3) is 0 Å². The van der Waals surface area contributed by atoms with Gasteiger partial charge in [-0.1, -0.05) is 21.1 Å². The van der Waals surface area contributed by atoms with Crippen molar-refractivity contribution in [1.29, 1.82) is 0 Å². The molecule has 1 aromatic heterocycles. The van der Waals surface area contributed by atoms with Gasteiger partial charge in [0, 0.05) is 5.33 Å². The highest BCUT2D eigenvalue weighted by atomic mass is 79.9. The number of oxime groups is 1. The van der Waals surface area contributed by atoms with Gasteiger partial charge in [0.1, 0.15) is 28.8 Å². The molecule has 2 aliphatic heterocycles. The number of furan rings is 1. The number of carboxylic acids is 1. The van der Waals surface area contributed by atoms with Crippen LogP contribution >= 0.6 is 15.9 Å². The van der Waals surface area contributed by atoms with Gasteiger partial charge in [0.05, 0.1) is 29.2 Å². The molecule has 0 bridgehead atoms. The molecule has 0 saturated carbocycles. The van der Waals surface area contributed by atoms with Crippen molar-refractivity contribution in [2.24, 2.45) is 5.16 Å². The van der Waals surface area contributed by atoms with E-state index in [2.05, 4.69) is 26.4 Å². The summed E-state index contributed by atoms with van der Waals surface area (Å²) in [5, 5.41) is 14.9. The Hall–Kier alpha value is -3.00. The quantitative estimate of drug-likeness (QED) is 0.142. The molecule has 0 spiro atoms. The molecule has 0 radical (unpaired) electrons. The van der Waals surface area contributed by atoms with Gasteiger partial charge in [-0.15, -0.1) is 0 Å². The maximum atomic E-state index is 13.1. The van der Waals surface area contributed by atoms with E-state index in [-0.39, 0.29) is 34.7 Å². The van der Waals surface area contributed by atoms with Crippen molar-refractivity contribution >= 4 is 56.2 Å². The third-order valence-electron chi connectivity index (χ3n) is 5.02. The van der Waals surface area contributed by atoms with Gasteiger partial charge in [0.25, 0.3) is 11.8 Å². The smallest absolute Gasteiger partial charge is 0.352 e. The van der Waals surface area contributed by atoms with Crippen molar-refractivity contribution in [2.75, 3.05) is 11.1 Å². The second-order valence-electron chi connectivity index (χ2n) is 9.09. The van der Waals surface area contributed by atoms with Crippen LogP contribution in [0.5, 0.6) is 0 Å². The normalized spacial score (nSPS) is 22.9. The molecule has 0 aliphatic carbocycles. The van der Waals surface area contributed by atoms with Crippen molar-refractivity contribution in [2.45, 2.75) is 57.2 Å². The van der Waals surface area contributed by atoms with Crippen molar-refractivity contribution in [3.05, 3.63) is 35.4 Å². The average molecular weight is 588 g/mol. The lowest BCUT2D eigenvalue weighted by Crippen LogP contribution is -2.74. The van der Waals surface area contributed by atoms with E-state index in [4.69, 9.17) is 14.0 Å². The molecule has 1 aromatic rings. The molecule has 2 N–H and O–H groups in total. The van der Waals surface area contributed by atoms with Crippen LogP contribution in [-0.4, -0.2) is 77.9 Å². The highest BCUT2D eigenvalue weighted by molar-refractivity contribution is 9.09. The molecule has 3 heterocycles. The molecule has 12 nitrogen and oxygen atoms in total. The number of carbonyl (C=O) groups is 4. The molecule has 1 unspecified atom stereocenters. The van der Waals surface area contributed by atoms with E-state index in [1.165, 1.54) is 18.4 Å². The lowest BCUT2D eigenvalue weighted by molar-refractivity contribution is -0.157. The number of hydrogen-bond acceptors (Lipinski definition) is 9. The number of β-lactam (4-membered cyclic amide) rings is 1. The number of halogens is 1. The Morgan fingerprint density at radius 1 is 1.39 bits per heavy atom. The van der Waals surface area contributed by atoms with Crippen LogP contribution < -0.4 is 5.32 Å². The minimum Gasteiger partial charge on any atom is -0.477 e. The van der Waals surface area contributed by atoms with E-state index >= 15 is 0 Å². The van der Waals surface area contributed by atoms with E-state index in [0.717, 1.165) is 4.90 Å². The highest BCUT2D eigenvalue weighted by Crippen LogP contribution is 2.35. The Morgan fingerprint density at radius 2 is 2.08 bits per heavy atom. The molecular weight excluding hydrogens is 562 g/mol. The number of alkyl halides is 1. The van der Waals surface area contributed by atoms with E-state index < -0.39 is 57.7 Å². The first-order chi connectivity index (χ1) is 16.8. The maximum Gasteiger partial charge on any atom is 0.352 e. The number of nitrogens with zero attached hydrogens (tertiary/aromatic N) is 2. The lowest BCUT2D eigenvalue weighted by atomic mass is 10.0. The fourth-order valence-electron chi connectivity index (χ4n) is 3.57. The number of ether oxygens (including phenoxy) is 1. The largest absolute Gasteiger partial charge is 0.477 e. The van der Waals surface area contributed by atoms with Gasteiger partial charge < -0.3 is 24.4 Å². The number of amides is 2. The maximum absolute atomic E-state index is 13.1. The summed E-state index contributed by atoms with van der Waals surface area (Å²) in [6, 6.07) is 1.73. The minimum atomic E-state index is -1.65. The van der Waals surface area contributed by atoms with Crippen LogP contribution in [-0.2, 0) is 39.6 Å². The summed E-state index contributed by atoms with van der Waals surface area (Å²) in [6.07, 6.45) is 0.418. The first-order valence-corrected chi connectivity index (χ1v) is 13.4. The van der Waals surface area contributed by atoms with Crippen LogP contribution in [0.1, 0.15) is 39.9 Å². The summed E-state index contributed by atoms with van der Waals surface area (Å²) in [5.74, 6) is -3.45. The number of fused-ring (bicyclic) bond motifs is 1. The van der Waals surface area contributed by atoms with Gasteiger partial charge in [0.15, 0.2) is 5.76 Å². The van der Waals surface area contributed by atoms with Gasteiger partial charge in [-0.25, -0.2) is 4.79 Å². The summed E-state index contributed by atoms with van der Waals surface area (Å²) in [6.45, 7) is 6.75. The zero-order valence-corrected chi connectivity index (χ0v) is 22.4. The zero-order chi connectivity index (χ0) is 26.8. The number of carbonyl (C=O) groups excluding carboxylic acids is 3. The van der Waals surface area contributed by atoms with Crippen molar-refractivity contribution < 1.29 is 42.5 Å². The Kier molecular flexibility index (Phi) is 8.39. The second kappa shape index (κ2) is 10.9. The van der Waals surface area contributed by atoms with Crippen molar-refractivity contribution in [3.63, 3.8) is 0 Å². The Labute approximate surface area is 217 Å². The Balaban J connectivity index is 1.75. The third-order valence-corrected chi connectivity index (χ3v) is 7.35. The molecule has 36 heavy (non-hydrogen) atoms. The summed E-state index contributed by atoms with van der Waals surface area (Å²) >= 11 is 3.16. The molecule has 14 heteroatoms. The number of hydrogen-bond donors (Lipinski definition) is 2. The SMILES string of the molecule is CC(CC(=O)OC(C)(C)C)ON=C(C(=O)N[C@@H]1C(=O)N2C(C(=O)O)=C(CBr)C[S@](=O)[C@H]12)c1ccco1. The Morgan fingerprint density at radius 3 is 2.64 bits per heavy atom. The number of rotatable bonds is 9. The predicted octanol–water partition coefficient (Wildman–Crippen LogP) is 1.27. The zero-order valence-electron chi connectivity index (χ0n) is 20.0. The number of nitrogens with one attached hydrogen (secondary N) is 1. The fraction of sp³-hybridized carbons (Fsp3) is 0.500. The van der Waals surface area contributed by atoms with Crippen molar-refractivity contribution in [1.82, 2.24) is 10.2 Å². The van der Waals surface area contributed by atoms with Crippen LogP contribution in [0.2, 0.25) is 0 Å². The van der Waals surface area contributed by atoms with Crippen LogP contribution in [0.3, 0.4) is 0 Å². The molecule has 3 rings (SSSR count). The van der Waals surface area contributed by atoms with Crippen molar-refractivity contribution in [3.8, 4) is 0 Å². The Bertz CT molecular complexity index is 1140. The van der Waals surface area contributed by atoms with Gasteiger partial charge in [-0.2, -0.15) is 0 Å². The molecule has 2 aliphatic rings. The number of aliphatic carboxylic acids is 1. The van der Waals surface area contributed by atoms with Gasteiger partial charge >= 0.3 is 11.9 Å². The van der Waals surface area contributed by atoms with Crippen LogP contribution in [0, 0.1) is 0 Å². The molecular formula is C22H26BrN3O9S. The number of carboxylic acid groups (broad SMARTS) is 1. The molecule has 1 saturated heterocycles. The topological polar surface area (TPSA) is 165 Å². The third kappa shape index (κ3) is 6.03. The molecule has 196 valence electrons. The highest BCUT2D eigenvalue weighted by Gasteiger charge is 2.57. The van der Waals surface area contributed by atoms with E-state index in [9.17, 15) is 28.5 Å². The van der Waals surface area contributed by atoms with E-state index in [0.29, 0.717) is 5.57 Å². The fourth-order valence-corrected chi connectivity index (χ4v) is 5.99. The van der Waals surface area contributed by atoms with E-state index in [1.807, 2.05) is 0 Å². The average Bonchev–Trinajstić information content (AvgIpc) is 3.29. The number of esters is 1. The molecule has 4 atom stereocenters. The molecule has 1 fully saturated rings. The van der Waals surface area contributed by atoms with Gasteiger partial charge in [-0.05, 0) is 45.4 Å². The summed E-state index contributed by atoms with van der Waals surface area (Å²) in [5.41, 5.74) is -0.919. The van der Waals surface area contributed by atoms with Crippen LogP contribution in [0.4, 0.5) is 0 Å². The first kappa shape index (κ1) is 27.6. The minimum absolute atomic E-state index is 0.0260. The standard InChI is InChI=1S/C22H26BrN3O9S/c1-11(8-14(27)34-22(2,3)4)35-25-15(13-6-5-7-33-13)18(28)24-16-19(29)26-17(21(30)31)12(9-23)10-36(32)20(16)26/h5-7,11,16,20H,8-10H2,1-4H3,(H,24,28)(H,30,31)/t11?,16-,20-,36+/m1/s1. The first-order valence-electron chi connectivity index (χ1n) is 10.9. The van der Waals surface area contributed by atoms with E-state index in [1.54, 1.807) is 27.7 Å². The molecule has 2 amide bonds. The monoisotopic (exact) mass is 587 g/mol. The summed E-state index contributed by atoms with van der Waals surface area (Å²) in [4.78, 5) is 55.8. The summed E-state index contributed by atoms with van der Waals surface area (Å²) in [7, 11) is -1.65. The predicted molar refractivity (Wildman–Crippen MR) is 130 cm³/mol. The van der Waals surface area contributed by atoms with Crippen LogP contribution in [0.15, 0.2) is 39.2 Å². The lowest BCUT2D eigenvalue weighted by Gasteiger charge is -2.48.